The lowest BCUT2D eigenvalue weighted by atomic mass is 10.2. The van der Waals surface area contributed by atoms with Gasteiger partial charge >= 0.3 is 0 Å². The van der Waals surface area contributed by atoms with Crippen LogP contribution in [0.1, 0.15) is 9.75 Å². The summed E-state index contributed by atoms with van der Waals surface area (Å²) in [5, 5.41) is 7.06. The van der Waals surface area contributed by atoms with Crippen molar-refractivity contribution in [1.82, 2.24) is 4.90 Å². The molecule has 0 saturated carbocycles. The van der Waals surface area contributed by atoms with Gasteiger partial charge < -0.3 is 14.8 Å². The van der Waals surface area contributed by atoms with E-state index in [0.717, 1.165) is 13.1 Å². The number of nitrogens with one attached hydrogen (secondary N) is 1. The quantitative estimate of drug-likeness (QED) is 0.574. The van der Waals surface area contributed by atoms with Gasteiger partial charge in [0.2, 0.25) is 5.91 Å². The molecular formula is C20H22N2O3S2. The van der Waals surface area contributed by atoms with Gasteiger partial charge in [0.25, 0.3) is 0 Å². The molecule has 2 heterocycles. The second-order valence-electron chi connectivity index (χ2n) is 5.92. The summed E-state index contributed by atoms with van der Waals surface area (Å²) >= 11 is 3.40. The smallest absolute Gasteiger partial charge is 0.238 e. The van der Waals surface area contributed by atoms with E-state index in [1.165, 1.54) is 9.75 Å². The number of nitrogens with zero attached hydrogens (tertiary/aromatic N) is 1. The van der Waals surface area contributed by atoms with E-state index in [0.29, 0.717) is 23.7 Å². The van der Waals surface area contributed by atoms with E-state index < -0.39 is 0 Å². The van der Waals surface area contributed by atoms with Crippen molar-refractivity contribution in [2.75, 3.05) is 26.1 Å². The first-order valence-electron chi connectivity index (χ1n) is 8.47. The minimum atomic E-state index is -0.0772. The molecule has 0 aliphatic heterocycles. The minimum absolute atomic E-state index is 0.0772. The zero-order valence-corrected chi connectivity index (χ0v) is 16.9. The Morgan fingerprint density at radius 2 is 1.67 bits per heavy atom. The van der Waals surface area contributed by atoms with Gasteiger partial charge in [0, 0.05) is 28.9 Å². The zero-order valence-electron chi connectivity index (χ0n) is 15.3. The molecule has 0 radical (unpaired) electrons. The van der Waals surface area contributed by atoms with Crippen LogP contribution in [0, 0.1) is 0 Å². The summed E-state index contributed by atoms with van der Waals surface area (Å²) in [6, 6.07) is 13.6. The number of rotatable bonds is 9. The number of carbonyl (C=O) groups is 1. The second kappa shape index (κ2) is 9.55. The Morgan fingerprint density at radius 3 is 2.19 bits per heavy atom. The number of methoxy groups -OCH3 is 2. The Kier molecular flexibility index (Phi) is 6.86. The molecule has 0 saturated heterocycles. The Morgan fingerprint density at radius 1 is 1.00 bits per heavy atom. The van der Waals surface area contributed by atoms with Crippen molar-refractivity contribution in [3.05, 3.63) is 63.0 Å². The molecule has 0 fully saturated rings. The van der Waals surface area contributed by atoms with Crippen LogP contribution in [0.25, 0.3) is 0 Å². The highest BCUT2D eigenvalue weighted by Gasteiger charge is 2.15. The molecule has 3 rings (SSSR count). The van der Waals surface area contributed by atoms with Crippen LogP contribution in [-0.2, 0) is 17.9 Å². The predicted octanol–water partition coefficient (Wildman–Crippen LogP) is 4.47. The number of benzene rings is 1. The van der Waals surface area contributed by atoms with E-state index >= 15 is 0 Å². The molecule has 0 unspecified atom stereocenters. The lowest BCUT2D eigenvalue weighted by Crippen LogP contribution is -2.32. The van der Waals surface area contributed by atoms with Gasteiger partial charge in [-0.1, -0.05) is 12.1 Å². The maximum Gasteiger partial charge on any atom is 0.238 e. The van der Waals surface area contributed by atoms with Crippen LogP contribution in [-0.4, -0.2) is 31.6 Å². The van der Waals surface area contributed by atoms with Gasteiger partial charge in [-0.15, -0.1) is 22.7 Å². The normalized spacial score (nSPS) is 10.8. The number of carbonyl (C=O) groups excluding carboxylic acids is 1. The third kappa shape index (κ3) is 5.56. The lowest BCUT2D eigenvalue weighted by Gasteiger charge is -2.21. The first kappa shape index (κ1) is 19.4. The van der Waals surface area contributed by atoms with Crippen molar-refractivity contribution in [3.8, 4) is 11.5 Å². The van der Waals surface area contributed by atoms with E-state index in [1.54, 1.807) is 55.1 Å². The first-order valence-corrected chi connectivity index (χ1v) is 10.2. The maximum absolute atomic E-state index is 12.7. The maximum atomic E-state index is 12.7. The van der Waals surface area contributed by atoms with E-state index in [1.807, 2.05) is 12.1 Å². The molecule has 5 nitrogen and oxygen atoms in total. The van der Waals surface area contributed by atoms with Gasteiger partial charge in [0.1, 0.15) is 11.5 Å². The topological polar surface area (TPSA) is 50.8 Å². The van der Waals surface area contributed by atoms with Gasteiger partial charge in [-0.25, -0.2) is 0 Å². The van der Waals surface area contributed by atoms with Crippen LogP contribution >= 0.6 is 22.7 Å². The highest BCUT2D eigenvalue weighted by atomic mass is 32.1. The molecule has 1 N–H and O–H groups in total. The van der Waals surface area contributed by atoms with Crippen LogP contribution in [0.2, 0.25) is 0 Å². The Bertz CT molecular complexity index is 812. The standard InChI is InChI=1S/C20H22N2O3S2/c1-24-15-7-8-18(19(11-15)25-2)21-20(23)14-22(12-16-5-3-9-26-16)13-17-6-4-10-27-17/h3-11H,12-14H2,1-2H3,(H,21,23). The largest absolute Gasteiger partial charge is 0.497 e. The summed E-state index contributed by atoms with van der Waals surface area (Å²) in [6.45, 7) is 1.77. The third-order valence-electron chi connectivity index (χ3n) is 3.97. The summed E-state index contributed by atoms with van der Waals surface area (Å²) in [6.07, 6.45) is 0. The van der Waals surface area contributed by atoms with Gasteiger partial charge in [-0.3, -0.25) is 9.69 Å². The first-order chi connectivity index (χ1) is 13.2. The monoisotopic (exact) mass is 402 g/mol. The fourth-order valence-corrected chi connectivity index (χ4v) is 4.20. The van der Waals surface area contributed by atoms with E-state index in [2.05, 4.69) is 33.1 Å². The van der Waals surface area contributed by atoms with Crippen molar-refractivity contribution in [2.45, 2.75) is 13.1 Å². The summed E-state index contributed by atoms with van der Waals surface area (Å²) in [5.74, 6) is 1.18. The van der Waals surface area contributed by atoms with Crippen molar-refractivity contribution >= 4 is 34.3 Å². The molecule has 27 heavy (non-hydrogen) atoms. The lowest BCUT2D eigenvalue weighted by molar-refractivity contribution is -0.117. The summed E-state index contributed by atoms with van der Waals surface area (Å²) in [4.78, 5) is 17.3. The van der Waals surface area contributed by atoms with Crippen molar-refractivity contribution < 1.29 is 14.3 Å². The van der Waals surface area contributed by atoms with E-state index in [4.69, 9.17) is 9.47 Å². The third-order valence-corrected chi connectivity index (χ3v) is 5.69. The fraction of sp³-hybridized carbons (Fsp3) is 0.250. The Hall–Kier alpha value is -2.35. The molecule has 3 aromatic rings. The number of amides is 1. The van der Waals surface area contributed by atoms with Crippen LogP contribution in [0.4, 0.5) is 5.69 Å². The molecule has 7 heteroatoms. The minimum Gasteiger partial charge on any atom is -0.497 e. The fourth-order valence-electron chi connectivity index (χ4n) is 2.71. The number of anilines is 1. The Labute approximate surface area is 167 Å². The molecule has 0 aliphatic carbocycles. The molecule has 0 atom stereocenters. The molecule has 0 bridgehead atoms. The van der Waals surface area contributed by atoms with Gasteiger partial charge in [0.05, 0.1) is 26.5 Å². The second-order valence-corrected chi connectivity index (χ2v) is 7.98. The molecular weight excluding hydrogens is 380 g/mol. The van der Waals surface area contributed by atoms with Crippen molar-refractivity contribution in [3.63, 3.8) is 0 Å². The summed E-state index contributed by atoms with van der Waals surface area (Å²) in [5.41, 5.74) is 0.635. The van der Waals surface area contributed by atoms with Gasteiger partial charge in [-0.05, 0) is 35.0 Å². The molecule has 1 amide bonds. The van der Waals surface area contributed by atoms with Crippen molar-refractivity contribution in [1.29, 1.82) is 0 Å². The number of thiophene rings is 2. The highest BCUT2D eigenvalue weighted by Crippen LogP contribution is 2.29. The summed E-state index contributed by atoms with van der Waals surface area (Å²) in [7, 11) is 3.17. The zero-order chi connectivity index (χ0) is 19.1. The SMILES string of the molecule is COc1ccc(NC(=O)CN(Cc2cccs2)Cc2cccs2)c(OC)c1. The summed E-state index contributed by atoms with van der Waals surface area (Å²) < 4.78 is 10.6. The van der Waals surface area contributed by atoms with Crippen LogP contribution in [0.3, 0.4) is 0 Å². The molecule has 1 aromatic carbocycles. The number of ether oxygens (including phenoxy) is 2. The predicted molar refractivity (Wildman–Crippen MR) is 111 cm³/mol. The van der Waals surface area contributed by atoms with E-state index in [-0.39, 0.29) is 5.91 Å². The number of hydrogen-bond acceptors (Lipinski definition) is 6. The average molecular weight is 403 g/mol. The highest BCUT2D eigenvalue weighted by molar-refractivity contribution is 7.10. The van der Waals surface area contributed by atoms with Crippen LogP contribution in [0.15, 0.2) is 53.2 Å². The van der Waals surface area contributed by atoms with Gasteiger partial charge in [-0.2, -0.15) is 0 Å². The average Bonchev–Trinajstić information content (AvgIpc) is 3.36. The molecule has 2 aromatic heterocycles. The van der Waals surface area contributed by atoms with Crippen LogP contribution < -0.4 is 14.8 Å². The molecule has 0 aliphatic rings. The van der Waals surface area contributed by atoms with Crippen LogP contribution in [0.5, 0.6) is 11.5 Å². The molecule has 0 spiro atoms. The van der Waals surface area contributed by atoms with Gasteiger partial charge in [0.15, 0.2) is 0 Å². The Balaban J connectivity index is 1.68. The number of hydrogen-bond donors (Lipinski definition) is 1. The van der Waals surface area contributed by atoms with E-state index in [9.17, 15) is 4.79 Å². The molecule has 142 valence electrons. The van der Waals surface area contributed by atoms with Crippen molar-refractivity contribution in [2.24, 2.45) is 0 Å².